The molecule has 6 heteroatoms. The number of aryl methyl sites for hydroxylation is 1. The Hall–Kier alpha value is -1.98. The van der Waals surface area contributed by atoms with Crippen LogP contribution in [0.3, 0.4) is 0 Å². The summed E-state index contributed by atoms with van der Waals surface area (Å²) in [5, 5.41) is 0.619. The fraction of sp³-hybridized carbons (Fsp3) is 0.389. The minimum Gasteiger partial charge on any atom is -0.408 e. The number of hydrogen-bond acceptors (Lipinski definition) is 3. The van der Waals surface area contributed by atoms with Crippen LogP contribution in [0.1, 0.15) is 24.6 Å². The van der Waals surface area contributed by atoms with Gasteiger partial charge in [-0.2, -0.15) is 0 Å². The van der Waals surface area contributed by atoms with Gasteiger partial charge >= 0.3 is 5.76 Å². The monoisotopic (exact) mass is 345 g/mol. The van der Waals surface area contributed by atoms with Gasteiger partial charge in [-0.05, 0) is 49.7 Å². The fourth-order valence-corrected chi connectivity index (χ4v) is 3.79. The average Bonchev–Trinajstić information content (AvgIpc) is 3.10. The van der Waals surface area contributed by atoms with E-state index in [1.165, 1.54) is 5.69 Å². The number of nitrogens with zero attached hydrogens (tertiary/aromatic N) is 3. The van der Waals surface area contributed by atoms with Crippen molar-refractivity contribution in [3.63, 3.8) is 0 Å². The van der Waals surface area contributed by atoms with Gasteiger partial charge in [-0.1, -0.05) is 11.6 Å². The molecule has 0 unspecified atom stereocenters. The molecule has 1 atom stereocenters. The van der Waals surface area contributed by atoms with E-state index in [0.29, 0.717) is 10.6 Å². The number of fused-ring (bicyclic) bond motifs is 1. The lowest BCUT2D eigenvalue weighted by Crippen LogP contribution is -2.38. The summed E-state index contributed by atoms with van der Waals surface area (Å²) in [5.74, 6) is -0.294. The minimum absolute atomic E-state index is 0.117. The molecule has 0 aliphatic carbocycles. The highest BCUT2D eigenvalue weighted by molar-refractivity contribution is 6.31. The lowest BCUT2D eigenvalue weighted by molar-refractivity contribution is 0.165. The lowest BCUT2D eigenvalue weighted by atomic mass is 10.0. The Labute approximate surface area is 145 Å². The Morgan fingerprint density at radius 1 is 1.33 bits per heavy atom. The first-order chi connectivity index (χ1) is 11.6. The normalized spacial score (nSPS) is 19.2. The highest BCUT2D eigenvalue weighted by Gasteiger charge is 2.25. The third-order valence-electron chi connectivity index (χ3n) is 4.86. The molecule has 1 fully saturated rings. The maximum Gasteiger partial charge on any atom is 0.420 e. The summed E-state index contributed by atoms with van der Waals surface area (Å²) in [4.78, 5) is 14.8. The predicted octanol–water partition coefficient (Wildman–Crippen LogP) is 3.42. The summed E-state index contributed by atoms with van der Waals surface area (Å²) in [6.45, 7) is 2.78. The summed E-state index contributed by atoms with van der Waals surface area (Å²) >= 11 is 6.11. The third kappa shape index (κ3) is 2.78. The minimum atomic E-state index is -0.294. The fourth-order valence-electron chi connectivity index (χ4n) is 3.63. The second-order valence-corrected chi connectivity index (χ2v) is 6.93. The lowest BCUT2D eigenvalue weighted by Gasteiger charge is -2.33. The quantitative estimate of drug-likeness (QED) is 0.730. The Bertz CT molecular complexity index is 924. The van der Waals surface area contributed by atoms with Gasteiger partial charge in [0.25, 0.3) is 0 Å². The molecule has 0 amide bonds. The van der Waals surface area contributed by atoms with Crippen molar-refractivity contribution in [2.24, 2.45) is 7.05 Å². The molecule has 4 rings (SSSR count). The smallest absolute Gasteiger partial charge is 0.408 e. The van der Waals surface area contributed by atoms with Gasteiger partial charge in [-0.15, -0.1) is 0 Å². The van der Waals surface area contributed by atoms with E-state index >= 15 is 0 Å². The number of halogens is 1. The van der Waals surface area contributed by atoms with Crippen LogP contribution in [0.25, 0.3) is 11.1 Å². The van der Waals surface area contributed by atoms with Crippen molar-refractivity contribution in [1.29, 1.82) is 0 Å². The number of aromatic nitrogens is 2. The van der Waals surface area contributed by atoms with Crippen LogP contribution >= 0.6 is 11.6 Å². The van der Waals surface area contributed by atoms with Crippen molar-refractivity contribution in [3.05, 3.63) is 57.8 Å². The molecule has 5 nitrogen and oxygen atoms in total. The third-order valence-corrected chi connectivity index (χ3v) is 5.09. The molecule has 3 heterocycles. The van der Waals surface area contributed by atoms with E-state index in [-0.39, 0.29) is 11.8 Å². The second kappa shape index (κ2) is 6.15. The van der Waals surface area contributed by atoms with Crippen molar-refractivity contribution in [1.82, 2.24) is 14.0 Å². The van der Waals surface area contributed by atoms with Crippen LogP contribution in [0, 0.1) is 0 Å². The molecule has 24 heavy (non-hydrogen) atoms. The van der Waals surface area contributed by atoms with Crippen LogP contribution < -0.4 is 5.76 Å². The van der Waals surface area contributed by atoms with Crippen molar-refractivity contribution in [2.75, 3.05) is 13.1 Å². The zero-order valence-electron chi connectivity index (χ0n) is 13.6. The highest BCUT2D eigenvalue weighted by Crippen LogP contribution is 2.27. The van der Waals surface area contributed by atoms with Gasteiger partial charge in [0.2, 0.25) is 0 Å². The molecule has 1 aromatic carbocycles. The zero-order valence-corrected chi connectivity index (χ0v) is 14.4. The van der Waals surface area contributed by atoms with Gasteiger partial charge in [0, 0.05) is 37.1 Å². The molecule has 1 aliphatic rings. The van der Waals surface area contributed by atoms with Crippen LogP contribution in [0.2, 0.25) is 5.02 Å². The standard InChI is InChI=1S/C18H20ClN3O2/c1-20-8-2-4-14(20)11-21-9-3-5-15(12-21)22-16-10-13(19)6-7-17(16)24-18(22)23/h2,4,6-8,10,15H,3,5,9,11-12H2,1H3/t15-/m0/s1. The van der Waals surface area contributed by atoms with Gasteiger partial charge in [0.05, 0.1) is 11.6 Å². The van der Waals surface area contributed by atoms with E-state index in [1.54, 1.807) is 16.7 Å². The maximum absolute atomic E-state index is 12.4. The number of hydrogen-bond donors (Lipinski definition) is 0. The molecular weight excluding hydrogens is 326 g/mol. The summed E-state index contributed by atoms with van der Waals surface area (Å²) < 4.78 is 9.31. The molecule has 126 valence electrons. The number of benzene rings is 1. The molecule has 0 bridgehead atoms. The summed E-state index contributed by atoms with van der Waals surface area (Å²) in [7, 11) is 2.06. The van der Waals surface area contributed by atoms with Crippen LogP contribution in [-0.4, -0.2) is 27.1 Å². The first-order valence-electron chi connectivity index (χ1n) is 8.25. The van der Waals surface area contributed by atoms with Gasteiger partial charge in [-0.25, -0.2) is 4.79 Å². The topological polar surface area (TPSA) is 43.3 Å². The highest BCUT2D eigenvalue weighted by atomic mass is 35.5. The van der Waals surface area contributed by atoms with Crippen molar-refractivity contribution < 1.29 is 4.42 Å². The van der Waals surface area contributed by atoms with Gasteiger partial charge in [-0.3, -0.25) is 9.47 Å². The molecule has 0 N–H and O–H groups in total. The van der Waals surface area contributed by atoms with E-state index in [0.717, 1.165) is 38.0 Å². The van der Waals surface area contributed by atoms with E-state index < -0.39 is 0 Å². The first-order valence-corrected chi connectivity index (χ1v) is 8.63. The van der Waals surface area contributed by atoms with E-state index in [4.69, 9.17) is 16.0 Å². The van der Waals surface area contributed by atoms with E-state index in [2.05, 4.69) is 34.8 Å². The van der Waals surface area contributed by atoms with E-state index in [1.807, 2.05) is 6.07 Å². The number of piperidine rings is 1. The van der Waals surface area contributed by atoms with Crippen LogP contribution in [0.15, 0.2) is 45.7 Å². The largest absolute Gasteiger partial charge is 0.420 e. The van der Waals surface area contributed by atoms with Crippen LogP contribution in [0.4, 0.5) is 0 Å². The molecule has 0 spiro atoms. The van der Waals surface area contributed by atoms with Gasteiger partial charge in [0.15, 0.2) is 5.58 Å². The Morgan fingerprint density at radius 2 is 2.21 bits per heavy atom. The van der Waals surface area contributed by atoms with Crippen LogP contribution in [-0.2, 0) is 13.6 Å². The van der Waals surface area contributed by atoms with E-state index in [9.17, 15) is 4.79 Å². The molecule has 1 aliphatic heterocycles. The van der Waals surface area contributed by atoms with Crippen molar-refractivity contribution in [3.8, 4) is 0 Å². The Balaban J connectivity index is 1.62. The number of oxazole rings is 1. The first kappa shape index (κ1) is 15.5. The summed E-state index contributed by atoms with van der Waals surface area (Å²) in [6, 6.07) is 9.65. The molecule has 3 aromatic rings. The summed E-state index contributed by atoms with van der Waals surface area (Å²) in [6.07, 6.45) is 4.10. The Kier molecular flexibility index (Phi) is 3.98. The predicted molar refractivity (Wildman–Crippen MR) is 94.4 cm³/mol. The van der Waals surface area contributed by atoms with Gasteiger partial charge < -0.3 is 8.98 Å². The van der Waals surface area contributed by atoms with Gasteiger partial charge in [0.1, 0.15) is 0 Å². The zero-order chi connectivity index (χ0) is 16.7. The average molecular weight is 346 g/mol. The second-order valence-electron chi connectivity index (χ2n) is 6.49. The molecular formula is C18H20ClN3O2. The molecule has 1 saturated heterocycles. The number of rotatable bonds is 3. The SMILES string of the molecule is Cn1cccc1CN1CCC[C@H](n2c(=O)oc3ccc(Cl)cc32)C1. The molecule has 0 radical (unpaired) electrons. The number of likely N-dealkylation sites (tertiary alicyclic amines) is 1. The summed E-state index contributed by atoms with van der Waals surface area (Å²) in [5.41, 5.74) is 2.67. The Morgan fingerprint density at radius 3 is 3.00 bits per heavy atom. The molecule has 0 saturated carbocycles. The van der Waals surface area contributed by atoms with Crippen LogP contribution in [0.5, 0.6) is 0 Å². The van der Waals surface area contributed by atoms with Crippen molar-refractivity contribution in [2.45, 2.75) is 25.4 Å². The van der Waals surface area contributed by atoms with Crippen molar-refractivity contribution >= 4 is 22.7 Å². The molecule has 2 aromatic heterocycles. The maximum atomic E-state index is 12.4.